The fourth-order valence-corrected chi connectivity index (χ4v) is 3.34. The molecule has 5 heteroatoms. The highest BCUT2D eigenvalue weighted by molar-refractivity contribution is 6.00. The van der Waals surface area contributed by atoms with E-state index in [1.165, 1.54) is 12.8 Å². The van der Waals surface area contributed by atoms with Crippen LogP contribution in [0.1, 0.15) is 36.0 Å². The molecule has 1 fully saturated rings. The van der Waals surface area contributed by atoms with Gasteiger partial charge in [0.2, 0.25) is 0 Å². The van der Waals surface area contributed by atoms with E-state index in [1.807, 2.05) is 42.5 Å². The van der Waals surface area contributed by atoms with Gasteiger partial charge in [-0.15, -0.1) is 0 Å². The molecule has 0 spiro atoms. The monoisotopic (exact) mass is 344 g/mol. The first-order valence-corrected chi connectivity index (χ1v) is 8.95. The van der Waals surface area contributed by atoms with Crippen molar-refractivity contribution in [3.05, 3.63) is 66.6 Å². The number of carbonyl (C=O) groups excluding carboxylic acids is 1. The molecule has 4 rings (SSSR count). The van der Waals surface area contributed by atoms with Crippen molar-refractivity contribution in [1.82, 2.24) is 20.3 Å². The minimum absolute atomic E-state index is 0.1000. The van der Waals surface area contributed by atoms with Crippen molar-refractivity contribution in [1.29, 1.82) is 0 Å². The van der Waals surface area contributed by atoms with E-state index in [9.17, 15) is 4.79 Å². The van der Waals surface area contributed by atoms with Gasteiger partial charge in [-0.3, -0.25) is 9.78 Å². The standard InChI is InChI=1S/C21H20N4O/c26-21(24-17-8-4-5-9-17)18-14-23-20(16-10-12-22-13-11-16)25-19(18)15-6-2-1-3-7-15/h1-3,6-7,10-14,17H,4-5,8-9H2,(H,24,26). The second-order valence-corrected chi connectivity index (χ2v) is 6.51. The van der Waals surface area contributed by atoms with E-state index < -0.39 is 0 Å². The molecule has 0 unspecified atom stereocenters. The number of pyridine rings is 1. The molecule has 0 atom stereocenters. The Balaban J connectivity index is 1.74. The average molecular weight is 344 g/mol. The van der Waals surface area contributed by atoms with Crippen LogP contribution in [0.5, 0.6) is 0 Å². The van der Waals surface area contributed by atoms with Gasteiger partial charge < -0.3 is 5.32 Å². The predicted molar refractivity (Wildman–Crippen MR) is 100 cm³/mol. The lowest BCUT2D eigenvalue weighted by Gasteiger charge is -2.14. The maximum atomic E-state index is 12.8. The Morgan fingerprint density at radius 1 is 0.962 bits per heavy atom. The van der Waals surface area contributed by atoms with Gasteiger partial charge in [-0.2, -0.15) is 0 Å². The lowest BCUT2D eigenvalue weighted by atomic mass is 10.1. The van der Waals surface area contributed by atoms with Gasteiger partial charge >= 0.3 is 0 Å². The van der Waals surface area contributed by atoms with E-state index in [1.54, 1.807) is 18.6 Å². The number of aromatic nitrogens is 3. The molecule has 1 aliphatic carbocycles. The molecule has 0 bridgehead atoms. The average Bonchev–Trinajstić information content (AvgIpc) is 3.22. The second kappa shape index (κ2) is 7.44. The summed E-state index contributed by atoms with van der Waals surface area (Å²) in [6.45, 7) is 0. The van der Waals surface area contributed by atoms with Crippen LogP contribution in [0.4, 0.5) is 0 Å². The van der Waals surface area contributed by atoms with Crippen molar-refractivity contribution >= 4 is 5.91 Å². The van der Waals surface area contributed by atoms with E-state index in [2.05, 4.69) is 15.3 Å². The molecule has 2 heterocycles. The zero-order chi connectivity index (χ0) is 17.8. The largest absolute Gasteiger partial charge is 0.349 e. The normalized spacial score (nSPS) is 14.3. The molecule has 0 radical (unpaired) electrons. The summed E-state index contributed by atoms with van der Waals surface area (Å²) in [5.74, 6) is 0.487. The predicted octanol–water partition coefficient (Wildman–Crippen LogP) is 3.88. The molecule has 1 aliphatic rings. The van der Waals surface area contributed by atoms with Crippen molar-refractivity contribution in [2.24, 2.45) is 0 Å². The minimum Gasteiger partial charge on any atom is -0.349 e. The topological polar surface area (TPSA) is 67.8 Å². The molecule has 1 N–H and O–H groups in total. The zero-order valence-corrected chi connectivity index (χ0v) is 14.4. The molecule has 3 aromatic rings. The third-order valence-electron chi connectivity index (χ3n) is 4.71. The second-order valence-electron chi connectivity index (χ2n) is 6.51. The van der Waals surface area contributed by atoms with Gasteiger partial charge in [0, 0.05) is 35.8 Å². The summed E-state index contributed by atoms with van der Waals surface area (Å²) in [5.41, 5.74) is 2.95. The van der Waals surface area contributed by atoms with Gasteiger partial charge in [-0.25, -0.2) is 9.97 Å². The summed E-state index contributed by atoms with van der Waals surface area (Å²) in [6.07, 6.45) is 9.49. The molecule has 130 valence electrons. The number of carbonyl (C=O) groups is 1. The Kier molecular flexibility index (Phi) is 4.69. The molecule has 1 amide bonds. The first-order chi connectivity index (χ1) is 12.8. The Hall–Kier alpha value is -3.08. The molecular formula is C21H20N4O. The van der Waals surface area contributed by atoms with Crippen LogP contribution in [0.15, 0.2) is 61.1 Å². The van der Waals surface area contributed by atoms with Crippen molar-refractivity contribution in [3.63, 3.8) is 0 Å². The minimum atomic E-state index is -0.1000. The van der Waals surface area contributed by atoms with E-state index >= 15 is 0 Å². The maximum absolute atomic E-state index is 12.8. The highest BCUT2D eigenvalue weighted by Crippen LogP contribution is 2.25. The van der Waals surface area contributed by atoms with Crippen molar-refractivity contribution < 1.29 is 4.79 Å². The zero-order valence-electron chi connectivity index (χ0n) is 14.4. The Bertz CT molecular complexity index is 890. The summed E-state index contributed by atoms with van der Waals surface area (Å²) >= 11 is 0. The van der Waals surface area contributed by atoms with Crippen LogP contribution in [0.3, 0.4) is 0 Å². The van der Waals surface area contributed by atoms with Crippen LogP contribution >= 0.6 is 0 Å². The summed E-state index contributed by atoms with van der Waals surface area (Å²) < 4.78 is 0. The van der Waals surface area contributed by atoms with Gasteiger partial charge in [0.05, 0.1) is 11.3 Å². The van der Waals surface area contributed by atoms with Crippen LogP contribution in [0, 0.1) is 0 Å². The molecule has 1 saturated carbocycles. The summed E-state index contributed by atoms with van der Waals surface area (Å²) in [7, 11) is 0. The van der Waals surface area contributed by atoms with E-state index in [0.717, 1.165) is 24.0 Å². The van der Waals surface area contributed by atoms with Crippen LogP contribution < -0.4 is 5.32 Å². The van der Waals surface area contributed by atoms with Crippen molar-refractivity contribution in [3.8, 4) is 22.6 Å². The van der Waals surface area contributed by atoms with Crippen LogP contribution in [0.25, 0.3) is 22.6 Å². The molecule has 0 saturated heterocycles. The highest BCUT2D eigenvalue weighted by Gasteiger charge is 2.21. The van der Waals surface area contributed by atoms with E-state index in [4.69, 9.17) is 4.98 Å². The smallest absolute Gasteiger partial charge is 0.255 e. The molecule has 5 nitrogen and oxygen atoms in total. The molecule has 1 aromatic carbocycles. The molecular weight excluding hydrogens is 324 g/mol. The lowest BCUT2D eigenvalue weighted by molar-refractivity contribution is 0.0938. The Morgan fingerprint density at radius 2 is 1.69 bits per heavy atom. The van der Waals surface area contributed by atoms with Crippen molar-refractivity contribution in [2.45, 2.75) is 31.7 Å². The van der Waals surface area contributed by atoms with Gasteiger partial charge in [-0.05, 0) is 25.0 Å². The molecule has 2 aromatic heterocycles. The number of hydrogen-bond acceptors (Lipinski definition) is 4. The molecule has 26 heavy (non-hydrogen) atoms. The highest BCUT2D eigenvalue weighted by atomic mass is 16.1. The number of benzene rings is 1. The first-order valence-electron chi connectivity index (χ1n) is 8.95. The van der Waals surface area contributed by atoms with Gasteiger partial charge in [0.25, 0.3) is 5.91 Å². The third kappa shape index (κ3) is 3.47. The van der Waals surface area contributed by atoms with Crippen LogP contribution in [-0.4, -0.2) is 26.9 Å². The van der Waals surface area contributed by atoms with Gasteiger partial charge in [-0.1, -0.05) is 43.2 Å². The molecule has 0 aliphatic heterocycles. The fraction of sp³-hybridized carbons (Fsp3) is 0.238. The van der Waals surface area contributed by atoms with E-state index in [0.29, 0.717) is 17.1 Å². The summed E-state index contributed by atoms with van der Waals surface area (Å²) in [6, 6.07) is 13.8. The number of nitrogens with zero attached hydrogens (tertiary/aromatic N) is 3. The number of nitrogens with one attached hydrogen (secondary N) is 1. The lowest BCUT2D eigenvalue weighted by Crippen LogP contribution is -2.33. The van der Waals surface area contributed by atoms with Crippen molar-refractivity contribution in [2.75, 3.05) is 0 Å². The number of rotatable bonds is 4. The third-order valence-corrected chi connectivity index (χ3v) is 4.71. The fourth-order valence-electron chi connectivity index (χ4n) is 3.34. The maximum Gasteiger partial charge on any atom is 0.255 e. The van der Waals surface area contributed by atoms with Crippen LogP contribution in [-0.2, 0) is 0 Å². The van der Waals surface area contributed by atoms with Crippen LogP contribution in [0.2, 0.25) is 0 Å². The van der Waals surface area contributed by atoms with Gasteiger partial charge in [0.1, 0.15) is 0 Å². The summed E-state index contributed by atoms with van der Waals surface area (Å²) in [5, 5.41) is 3.14. The number of amides is 1. The first kappa shape index (κ1) is 16.4. The Labute approximate surface area is 152 Å². The summed E-state index contributed by atoms with van der Waals surface area (Å²) in [4.78, 5) is 26.0. The van der Waals surface area contributed by atoms with E-state index in [-0.39, 0.29) is 11.9 Å². The Morgan fingerprint density at radius 3 is 2.42 bits per heavy atom. The van der Waals surface area contributed by atoms with Gasteiger partial charge in [0.15, 0.2) is 5.82 Å². The quantitative estimate of drug-likeness (QED) is 0.780. The SMILES string of the molecule is O=C(NC1CCCC1)c1cnc(-c2ccncc2)nc1-c1ccccc1. The number of hydrogen-bond donors (Lipinski definition) is 1.